The van der Waals surface area contributed by atoms with Crippen LogP contribution in [0.4, 0.5) is 4.39 Å². The van der Waals surface area contributed by atoms with Gasteiger partial charge in [-0.25, -0.2) is 4.39 Å². The van der Waals surface area contributed by atoms with E-state index in [1.54, 1.807) is 0 Å². The van der Waals surface area contributed by atoms with Gasteiger partial charge in [0.15, 0.2) is 5.78 Å². The summed E-state index contributed by atoms with van der Waals surface area (Å²) in [5, 5.41) is 9.50. The third kappa shape index (κ3) is 3.29. The third-order valence-electron chi connectivity index (χ3n) is 3.34. The number of hydrogen-bond acceptors (Lipinski definition) is 3. The lowest BCUT2D eigenvalue weighted by molar-refractivity contribution is 0.0973. The van der Waals surface area contributed by atoms with E-state index in [1.165, 1.54) is 25.0 Å². The molecule has 0 saturated carbocycles. The zero-order valence-electron chi connectivity index (χ0n) is 10.4. The maximum atomic E-state index is 12.8. The molecule has 1 heterocycles. The molecule has 3 nitrogen and oxygen atoms in total. The zero-order valence-corrected chi connectivity index (χ0v) is 10.4. The summed E-state index contributed by atoms with van der Waals surface area (Å²) >= 11 is 0. The highest BCUT2D eigenvalue weighted by Gasteiger charge is 2.14. The van der Waals surface area contributed by atoms with Crippen LogP contribution in [0.3, 0.4) is 0 Å². The van der Waals surface area contributed by atoms with Gasteiger partial charge < -0.3 is 10.0 Å². The van der Waals surface area contributed by atoms with Crippen LogP contribution in [0.15, 0.2) is 18.2 Å². The van der Waals surface area contributed by atoms with Crippen molar-refractivity contribution in [1.29, 1.82) is 0 Å². The molecular formula is C14H18FNO2. The van der Waals surface area contributed by atoms with Crippen molar-refractivity contribution >= 4 is 5.78 Å². The van der Waals surface area contributed by atoms with Gasteiger partial charge in [0.1, 0.15) is 11.6 Å². The van der Waals surface area contributed by atoms with Crippen LogP contribution in [0, 0.1) is 5.82 Å². The summed E-state index contributed by atoms with van der Waals surface area (Å²) in [6, 6.07) is 3.53. The number of Topliss-reactive ketones (excluding diaryl/α,β-unsaturated/α-hetero) is 1. The molecule has 1 aliphatic heterocycles. The Bertz CT molecular complexity index is 428. The number of likely N-dealkylation sites (tertiary alicyclic amines) is 1. The topological polar surface area (TPSA) is 40.5 Å². The molecule has 1 fully saturated rings. The summed E-state index contributed by atoms with van der Waals surface area (Å²) in [5.74, 6) is -0.908. The summed E-state index contributed by atoms with van der Waals surface area (Å²) in [5.41, 5.74) is 0.220. The maximum Gasteiger partial charge on any atom is 0.166 e. The van der Waals surface area contributed by atoms with Crippen molar-refractivity contribution in [2.45, 2.75) is 25.7 Å². The van der Waals surface area contributed by atoms with Crippen molar-refractivity contribution in [3.05, 3.63) is 29.6 Å². The van der Waals surface area contributed by atoms with Crippen LogP contribution < -0.4 is 0 Å². The fourth-order valence-electron chi connectivity index (χ4n) is 2.34. The number of phenolic OH excluding ortho intramolecular Hbond substituents is 1. The van der Waals surface area contributed by atoms with Crippen LogP contribution in [0.5, 0.6) is 5.75 Å². The molecule has 1 saturated heterocycles. The largest absolute Gasteiger partial charge is 0.507 e. The second-order valence-corrected chi connectivity index (χ2v) is 4.74. The fraction of sp³-hybridized carbons (Fsp3) is 0.500. The van der Waals surface area contributed by atoms with Gasteiger partial charge in [-0.05, 0) is 51.0 Å². The van der Waals surface area contributed by atoms with E-state index in [1.807, 2.05) is 0 Å². The average molecular weight is 251 g/mol. The Morgan fingerprint density at radius 3 is 2.72 bits per heavy atom. The first-order valence-electron chi connectivity index (χ1n) is 6.41. The number of aromatic hydroxyl groups is 1. The molecule has 1 aliphatic rings. The lowest BCUT2D eigenvalue weighted by atomic mass is 10.1. The normalized spacial score (nSPS) is 16.1. The van der Waals surface area contributed by atoms with E-state index in [4.69, 9.17) is 0 Å². The first-order chi connectivity index (χ1) is 8.66. The molecular weight excluding hydrogens is 233 g/mol. The van der Waals surface area contributed by atoms with E-state index in [2.05, 4.69) is 4.90 Å². The molecule has 0 bridgehead atoms. The Morgan fingerprint density at radius 2 is 2.06 bits per heavy atom. The highest BCUT2D eigenvalue weighted by atomic mass is 19.1. The van der Waals surface area contributed by atoms with Gasteiger partial charge in [-0.1, -0.05) is 0 Å². The number of nitrogens with zero attached hydrogens (tertiary/aromatic N) is 1. The monoisotopic (exact) mass is 251 g/mol. The van der Waals surface area contributed by atoms with Gasteiger partial charge in [-0.15, -0.1) is 0 Å². The van der Waals surface area contributed by atoms with Gasteiger partial charge in [0.25, 0.3) is 0 Å². The Labute approximate surface area is 106 Å². The molecule has 4 heteroatoms. The number of carbonyl (C=O) groups excluding carboxylic acids is 1. The van der Waals surface area contributed by atoms with E-state index in [-0.39, 0.29) is 17.1 Å². The van der Waals surface area contributed by atoms with Gasteiger partial charge in [0.05, 0.1) is 5.56 Å². The Kier molecular flexibility index (Phi) is 4.31. The molecule has 1 aromatic carbocycles. The second-order valence-electron chi connectivity index (χ2n) is 4.74. The van der Waals surface area contributed by atoms with Gasteiger partial charge in [-0.2, -0.15) is 0 Å². The SMILES string of the molecule is O=C(CCCN1CCCC1)c1ccc(F)cc1O. The van der Waals surface area contributed by atoms with Crippen LogP contribution >= 0.6 is 0 Å². The van der Waals surface area contributed by atoms with Crippen molar-refractivity contribution in [1.82, 2.24) is 4.90 Å². The molecule has 0 amide bonds. The molecule has 0 aliphatic carbocycles. The molecule has 98 valence electrons. The minimum atomic E-state index is -0.527. The minimum absolute atomic E-state index is 0.119. The summed E-state index contributed by atoms with van der Waals surface area (Å²) in [6.07, 6.45) is 3.67. The highest BCUT2D eigenvalue weighted by Crippen LogP contribution is 2.20. The molecule has 0 radical (unpaired) electrons. The zero-order chi connectivity index (χ0) is 13.0. The van der Waals surface area contributed by atoms with Crippen LogP contribution in [0.1, 0.15) is 36.0 Å². The first-order valence-corrected chi connectivity index (χ1v) is 6.41. The number of carbonyl (C=O) groups is 1. The lowest BCUT2D eigenvalue weighted by Crippen LogP contribution is -2.21. The van der Waals surface area contributed by atoms with Crippen LogP contribution in [0.25, 0.3) is 0 Å². The molecule has 0 aromatic heterocycles. The average Bonchev–Trinajstić information content (AvgIpc) is 2.81. The van der Waals surface area contributed by atoms with E-state index in [0.717, 1.165) is 32.1 Å². The molecule has 1 aromatic rings. The fourth-order valence-corrected chi connectivity index (χ4v) is 2.34. The number of rotatable bonds is 5. The Balaban J connectivity index is 1.83. The van der Waals surface area contributed by atoms with Crippen LogP contribution in [-0.4, -0.2) is 35.4 Å². The first kappa shape index (κ1) is 13.0. The van der Waals surface area contributed by atoms with Gasteiger partial charge in [0, 0.05) is 12.5 Å². The van der Waals surface area contributed by atoms with Gasteiger partial charge in [0.2, 0.25) is 0 Å². The summed E-state index contributed by atoms with van der Waals surface area (Å²) in [7, 11) is 0. The highest BCUT2D eigenvalue weighted by molar-refractivity contribution is 5.98. The summed E-state index contributed by atoms with van der Waals surface area (Å²) in [6.45, 7) is 3.17. The third-order valence-corrected chi connectivity index (χ3v) is 3.34. The van der Waals surface area contributed by atoms with Crippen molar-refractivity contribution in [3.63, 3.8) is 0 Å². The summed E-state index contributed by atoms with van der Waals surface area (Å²) < 4.78 is 12.8. The van der Waals surface area contributed by atoms with Crippen molar-refractivity contribution in [2.24, 2.45) is 0 Å². The predicted octanol–water partition coefficient (Wildman–Crippen LogP) is 2.59. The number of ketones is 1. The number of benzene rings is 1. The van der Waals surface area contributed by atoms with Crippen molar-refractivity contribution in [3.8, 4) is 5.75 Å². The molecule has 2 rings (SSSR count). The standard InChI is InChI=1S/C14H18FNO2/c15-11-5-6-12(14(18)10-11)13(17)4-3-9-16-7-1-2-8-16/h5-6,10,18H,1-4,7-9H2. The minimum Gasteiger partial charge on any atom is -0.507 e. The van der Waals surface area contributed by atoms with E-state index in [9.17, 15) is 14.3 Å². The molecule has 0 unspecified atom stereocenters. The Morgan fingerprint density at radius 1 is 1.33 bits per heavy atom. The van der Waals surface area contributed by atoms with Crippen LogP contribution in [-0.2, 0) is 0 Å². The van der Waals surface area contributed by atoms with E-state index < -0.39 is 5.82 Å². The number of phenols is 1. The summed E-state index contributed by atoms with van der Waals surface area (Å²) in [4.78, 5) is 14.2. The second kappa shape index (κ2) is 5.96. The molecule has 1 N–H and O–H groups in total. The lowest BCUT2D eigenvalue weighted by Gasteiger charge is -2.13. The predicted molar refractivity (Wildman–Crippen MR) is 67.3 cm³/mol. The number of halogens is 1. The maximum absolute atomic E-state index is 12.8. The molecule has 0 atom stereocenters. The van der Waals surface area contributed by atoms with E-state index >= 15 is 0 Å². The quantitative estimate of drug-likeness (QED) is 0.818. The Hall–Kier alpha value is -1.42. The smallest absolute Gasteiger partial charge is 0.166 e. The molecule has 0 spiro atoms. The van der Waals surface area contributed by atoms with Crippen molar-refractivity contribution in [2.75, 3.05) is 19.6 Å². The van der Waals surface area contributed by atoms with Crippen molar-refractivity contribution < 1.29 is 14.3 Å². The molecule has 18 heavy (non-hydrogen) atoms. The van der Waals surface area contributed by atoms with E-state index in [0.29, 0.717) is 6.42 Å². The van der Waals surface area contributed by atoms with Gasteiger partial charge >= 0.3 is 0 Å². The number of hydrogen-bond donors (Lipinski definition) is 1. The van der Waals surface area contributed by atoms with Crippen LogP contribution in [0.2, 0.25) is 0 Å². The van der Waals surface area contributed by atoms with Gasteiger partial charge in [-0.3, -0.25) is 4.79 Å².